The second-order valence-corrected chi connectivity index (χ2v) is 8.71. The molecule has 1 aliphatic rings. The lowest BCUT2D eigenvalue weighted by Crippen LogP contribution is -2.49. The van der Waals surface area contributed by atoms with Crippen molar-refractivity contribution >= 4 is 18.0 Å². The van der Waals surface area contributed by atoms with Gasteiger partial charge in [-0.15, -0.1) is 0 Å². The minimum atomic E-state index is -1.28. The minimum absolute atomic E-state index is 0.0635. The molecule has 0 saturated carbocycles. The van der Waals surface area contributed by atoms with E-state index in [1.54, 1.807) is 31.1 Å². The molecule has 0 spiro atoms. The number of rotatable bonds is 8. The molecule has 2 unspecified atom stereocenters. The smallest absolute Gasteiger partial charge is 0.407 e. The topological polar surface area (TPSA) is 114 Å². The van der Waals surface area contributed by atoms with Gasteiger partial charge in [-0.1, -0.05) is 48.5 Å². The second kappa shape index (κ2) is 10.0. The fraction of sp³-hybridized carbons (Fsp3) is 0.308. The number of carboxylic acid groups (broad SMARTS) is 1. The third kappa shape index (κ3) is 5.03. The van der Waals surface area contributed by atoms with Crippen LogP contribution in [0, 0.1) is 0 Å². The maximum Gasteiger partial charge on any atom is 0.407 e. The number of aliphatic carboxylic acids is 1. The van der Waals surface area contributed by atoms with Crippen molar-refractivity contribution in [1.29, 1.82) is 0 Å². The summed E-state index contributed by atoms with van der Waals surface area (Å²) in [6, 6.07) is 14.2. The molecule has 1 heterocycles. The van der Waals surface area contributed by atoms with Gasteiger partial charge in [-0.2, -0.15) is 0 Å². The Morgan fingerprint density at radius 2 is 1.71 bits per heavy atom. The summed E-state index contributed by atoms with van der Waals surface area (Å²) in [5, 5.41) is 11.8. The third-order valence-electron chi connectivity index (χ3n) is 6.39. The summed E-state index contributed by atoms with van der Waals surface area (Å²) >= 11 is 0. The molecular formula is C26H28N4O5. The van der Waals surface area contributed by atoms with Crippen LogP contribution in [-0.2, 0) is 21.4 Å². The van der Waals surface area contributed by atoms with Crippen LogP contribution in [0.3, 0.4) is 0 Å². The van der Waals surface area contributed by atoms with Gasteiger partial charge in [0.25, 0.3) is 0 Å². The summed E-state index contributed by atoms with van der Waals surface area (Å²) in [7, 11) is 3.37. The number of likely N-dealkylation sites (N-methyl/N-ethyl adjacent to an activating group) is 1. The molecule has 1 aromatic heterocycles. The van der Waals surface area contributed by atoms with Crippen molar-refractivity contribution in [3.63, 3.8) is 0 Å². The normalized spacial score (nSPS) is 13.9. The summed E-state index contributed by atoms with van der Waals surface area (Å²) in [6.45, 7) is 1.85. The van der Waals surface area contributed by atoms with Gasteiger partial charge < -0.3 is 24.6 Å². The van der Waals surface area contributed by atoms with Crippen molar-refractivity contribution in [2.45, 2.75) is 31.3 Å². The second-order valence-electron chi connectivity index (χ2n) is 8.71. The Morgan fingerprint density at radius 1 is 1.11 bits per heavy atom. The number of ether oxygens (including phenoxy) is 1. The number of aromatic nitrogens is 2. The number of carbonyl (C=O) groups excluding carboxylic acids is 2. The highest BCUT2D eigenvalue weighted by Gasteiger charge is 2.32. The summed E-state index contributed by atoms with van der Waals surface area (Å²) in [5.74, 6) is -1.89. The van der Waals surface area contributed by atoms with Gasteiger partial charge in [-0.05, 0) is 29.2 Å². The first-order valence-electron chi connectivity index (χ1n) is 11.3. The number of aryl methyl sites for hydroxylation is 1. The SMILES string of the molecule is CC(c1cn(C)cn1)N(C)C(=O)C(CC(=O)O)NC(=O)OCC1c2ccccc2-c2ccccc21. The quantitative estimate of drug-likeness (QED) is 0.516. The van der Waals surface area contributed by atoms with Gasteiger partial charge in [-0.25, -0.2) is 9.78 Å². The average Bonchev–Trinajstić information content (AvgIpc) is 3.42. The number of nitrogens with zero attached hydrogens (tertiary/aromatic N) is 3. The van der Waals surface area contributed by atoms with E-state index in [-0.39, 0.29) is 12.5 Å². The fourth-order valence-corrected chi connectivity index (χ4v) is 4.44. The summed E-state index contributed by atoms with van der Waals surface area (Å²) in [6.07, 6.45) is 1.99. The predicted octanol–water partition coefficient (Wildman–Crippen LogP) is 3.32. The zero-order valence-corrected chi connectivity index (χ0v) is 19.8. The number of hydrogen-bond donors (Lipinski definition) is 2. The van der Waals surface area contributed by atoms with Gasteiger partial charge in [0.1, 0.15) is 12.6 Å². The Labute approximate surface area is 203 Å². The van der Waals surface area contributed by atoms with Crippen molar-refractivity contribution in [3.05, 3.63) is 77.9 Å². The minimum Gasteiger partial charge on any atom is -0.481 e. The van der Waals surface area contributed by atoms with Crippen molar-refractivity contribution < 1.29 is 24.2 Å². The van der Waals surface area contributed by atoms with Crippen molar-refractivity contribution in [1.82, 2.24) is 19.8 Å². The van der Waals surface area contributed by atoms with E-state index in [2.05, 4.69) is 10.3 Å². The lowest BCUT2D eigenvalue weighted by molar-refractivity contribution is -0.142. The zero-order chi connectivity index (χ0) is 25.1. The number of alkyl carbamates (subject to hydrolysis) is 1. The molecular weight excluding hydrogens is 448 g/mol. The van der Waals surface area contributed by atoms with Crippen LogP contribution in [-0.4, -0.2) is 57.2 Å². The maximum absolute atomic E-state index is 13.1. The van der Waals surface area contributed by atoms with Gasteiger partial charge in [0.2, 0.25) is 5.91 Å². The molecule has 0 radical (unpaired) electrons. The van der Waals surface area contributed by atoms with Gasteiger partial charge in [0, 0.05) is 26.2 Å². The molecule has 2 N–H and O–H groups in total. The Kier molecular flexibility index (Phi) is 6.86. The number of carbonyl (C=O) groups is 3. The molecule has 2 aromatic carbocycles. The zero-order valence-electron chi connectivity index (χ0n) is 19.8. The van der Waals surface area contributed by atoms with E-state index < -0.39 is 36.5 Å². The number of fused-ring (bicyclic) bond motifs is 3. The third-order valence-corrected chi connectivity index (χ3v) is 6.39. The average molecular weight is 477 g/mol. The fourth-order valence-electron chi connectivity index (χ4n) is 4.44. The number of benzene rings is 2. The largest absolute Gasteiger partial charge is 0.481 e. The van der Waals surface area contributed by atoms with Crippen LogP contribution in [0.25, 0.3) is 11.1 Å². The molecule has 2 atom stereocenters. The summed E-state index contributed by atoms with van der Waals surface area (Å²) in [4.78, 5) is 42.8. The first-order chi connectivity index (χ1) is 16.8. The highest BCUT2D eigenvalue weighted by molar-refractivity contribution is 5.89. The number of hydrogen-bond acceptors (Lipinski definition) is 5. The van der Waals surface area contributed by atoms with Crippen molar-refractivity contribution in [2.24, 2.45) is 7.05 Å². The Hall–Kier alpha value is -4.14. The van der Waals surface area contributed by atoms with E-state index >= 15 is 0 Å². The van der Waals surface area contributed by atoms with Crippen LogP contribution in [0.1, 0.15) is 42.1 Å². The van der Waals surface area contributed by atoms with Gasteiger partial charge >= 0.3 is 12.1 Å². The molecule has 4 rings (SSSR count). The van der Waals surface area contributed by atoms with E-state index in [0.717, 1.165) is 22.3 Å². The molecule has 1 aliphatic carbocycles. The number of amides is 2. The van der Waals surface area contributed by atoms with Crippen LogP contribution >= 0.6 is 0 Å². The van der Waals surface area contributed by atoms with E-state index in [4.69, 9.17) is 4.74 Å². The highest BCUT2D eigenvalue weighted by Crippen LogP contribution is 2.44. The Balaban J connectivity index is 1.44. The van der Waals surface area contributed by atoms with E-state index in [1.807, 2.05) is 55.6 Å². The lowest BCUT2D eigenvalue weighted by atomic mass is 9.98. The maximum atomic E-state index is 13.1. The molecule has 0 bridgehead atoms. The first kappa shape index (κ1) is 24.0. The predicted molar refractivity (Wildman–Crippen MR) is 129 cm³/mol. The van der Waals surface area contributed by atoms with Crippen molar-refractivity contribution in [2.75, 3.05) is 13.7 Å². The van der Waals surface area contributed by atoms with Gasteiger partial charge in [0.05, 0.1) is 24.5 Å². The number of carboxylic acids is 1. The van der Waals surface area contributed by atoms with E-state index in [1.165, 1.54) is 4.90 Å². The highest BCUT2D eigenvalue weighted by atomic mass is 16.5. The molecule has 0 fully saturated rings. The lowest BCUT2D eigenvalue weighted by Gasteiger charge is -2.28. The standard InChI is InChI=1S/C26H28N4O5/c1-16(23-13-29(2)15-27-23)30(3)25(33)22(12-24(31)32)28-26(34)35-14-21-19-10-6-4-8-17(19)18-9-5-7-11-20(18)21/h4-11,13,15-16,21-22H,12,14H2,1-3H3,(H,28,34)(H,31,32). The van der Waals surface area contributed by atoms with Crippen LogP contribution in [0.4, 0.5) is 4.79 Å². The van der Waals surface area contributed by atoms with Crippen molar-refractivity contribution in [3.8, 4) is 11.1 Å². The monoisotopic (exact) mass is 476 g/mol. The molecule has 9 nitrogen and oxygen atoms in total. The number of nitrogens with one attached hydrogen (secondary N) is 1. The molecule has 0 saturated heterocycles. The Morgan fingerprint density at radius 3 is 2.26 bits per heavy atom. The van der Waals surface area contributed by atoms with Gasteiger partial charge in [0.15, 0.2) is 0 Å². The van der Waals surface area contributed by atoms with Crippen LogP contribution in [0.15, 0.2) is 61.1 Å². The Bertz CT molecular complexity index is 1210. The van der Waals surface area contributed by atoms with E-state index in [0.29, 0.717) is 5.69 Å². The first-order valence-corrected chi connectivity index (χ1v) is 11.3. The summed E-state index contributed by atoms with van der Waals surface area (Å²) < 4.78 is 7.26. The molecule has 9 heteroatoms. The molecule has 35 heavy (non-hydrogen) atoms. The number of imidazole rings is 1. The van der Waals surface area contributed by atoms with Crippen LogP contribution in [0.5, 0.6) is 0 Å². The summed E-state index contributed by atoms with van der Waals surface area (Å²) in [5.41, 5.74) is 4.97. The molecule has 182 valence electrons. The molecule has 0 aliphatic heterocycles. The van der Waals surface area contributed by atoms with Crippen LogP contribution in [0.2, 0.25) is 0 Å². The molecule has 3 aromatic rings. The molecule has 2 amide bonds. The van der Waals surface area contributed by atoms with Gasteiger partial charge in [-0.3, -0.25) is 9.59 Å². The van der Waals surface area contributed by atoms with E-state index in [9.17, 15) is 19.5 Å². The van der Waals surface area contributed by atoms with Crippen LogP contribution < -0.4 is 5.32 Å².